The first-order chi connectivity index (χ1) is 5.61. The van der Waals surface area contributed by atoms with Gasteiger partial charge in [-0.25, -0.2) is 4.79 Å². The van der Waals surface area contributed by atoms with E-state index in [0.717, 1.165) is 0 Å². The first-order valence-electron chi connectivity index (χ1n) is 4.04. The molecule has 1 saturated carbocycles. The molecule has 4 nitrogen and oxygen atoms in total. The summed E-state index contributed by atoms with van der Waals surface area (Å²) in [5.41, 5.74) is -1.84. The van der Waals surface area contributed by atoms with E-state index in [9.17, 15) is 14.7 Å². The summed E-state index contributed by atoms with van der Waals surface area (Å²) in [5.74, 6) is -1.21. The van der Waals surface area contributed by atoms with Crippen LogP contribution in [0.2, 0.25) is 0 Å². The molecule has 0 aromatic rings. The van der Waals surface area contributed by atoms with Crippen molar-refractivity contribution in [3.8, 4) is 0 Å². The smallest absolute Gasteiger partial charge is 0.345 e. The average Bonchev–Trinajstić information content (AvgIpc) is 2.34. The maximum atomic E-state index is 11.1. The van der Waals surface area contributed by atoms with Crippen LogP contribution < -0.4 is 0 Å². The fraction of sp³-hybridized carbons (Fsp3) is 0.750. The van der Waals surface area contributed by atoms with E-state index in [4.69, 9.17) is 0 Å². The van der Waals surface area contributed by atoms with Gasteiger partial charge >= 0.3 is 5.97 Å². The van der Waals surface area contributed by atoms with Gasteiger partial charge in [0, 0.05) is 6.42 Å². The van der Waals surface area contributed by atoms with Gasteiger partial charge in [-0.15, -0.1) is 0 Å². The number of hydrogen-bond acceptors (Lipinski definition) is 4. The van der Waals surface area contributed by atoms with Gasteiger partial charge in [0.2, 0.25) is 5.60 Å². The van der Waals surface area contributed by atoms with Gasteiger partial charge in [-0.3, -0.25) is 4.79 Å². The molecule has 1 N–H and O–H groups in total. The second-order valence-corrected chi connectivity index (χ2v) is 2.86. The van der Waals surface area contributed by atoms with E-state index in [-0.39, 0.29) is 19.4 Å². The maximum Gasteiger partial charge on any atom is 0.345 e. The Bertz CT molecular complexity index is 211. The third kappa shape index (κ3) is 1.34. The minimum absolute atomic E-state index is 0.189. The number of hydrogen-bond donors (Lipinski definition) is 1. The lowest BCUT2D eigenvalue weighted by atomic mass is 10.0. The zero-order chi connectivity index (χ0) is 9.19. The van der Waals surface area contributed by atoms with Crippen molar-refractivity contribution >= 4 is 11.8 Å². The summed E-state index contributed by atoms with van der Waals surface area (Å²) in [4.78, 5) is 22.1. The van der Waals surface area contributed by atoms with Crippen molar-refractivity contribution in [2.24, 2.45) is 0 Å². The standard InChI is InChI=1S/C8H12O4/c1-2-12-7(10)8(11)5-3-4-6(8)9/h11H,2-5H2,1H3/t8-/m1/s1. The molecule has 0 aromatic carbocycles. The molecule has 0 radical (unpaired) electrons. The largest absolute Gasteiger partial charge is 0.464 e. The zero-order valence-electron chi connectivity index (χ0n) is 7.00. The Hall–Kier alpha value is -0.900. The molecule has 68 valence electrons. The number of esters is 1. The second-order valence-electron chi connectivity index (χ2n) is 2.86. The first-order valence-corrected chi connectivity index (χ1v) is 4.04. The zero-order valence-corrected chi connectivity index (χ0v) is 7.00. The Morgan fingerprint density at radius 3 is 2.83 bits per heavy atom. The van der Waals surface area contributed by atoms with Crippen LogP contribution in [0.15, 0.2) is 0 Å². The van der Waals surface area contributed by atoms with Crippen LogP contribution in [0.3, 0.4) is 0 Å². The maximum absolute atomic E-state index is 11.1. The lowest BCUT2D eigenvalue weighted by Crippen LogP contribution is -2.43. The lowest BCUT2D eigenvalue weighted by molar-refractivity contribution is -0.168. The lowest BCUT2D eigenvalue weighted by Gasteiger charge is -2.17. The summed E-state index contributed by atoms with van der Waals surface area (Å²) in [6.07, 6.45) is 1.04. The summed E-state index contributed by atoms with van der Waals surface area (Å²) >= 11 is 0. The number of Topliss-reactive ketones (excluding diaryl/α,β-unsaturated/α-hetero) is 1. The van der Waals surface area contributed by atoms with Crippen LogP contribution >= 0.6 is 0 Å². The molecule has 4 heteroatoms. The van der Waals surface area contributed by atoms with Gasteiger partial charge in [-0.05, 0) is 19.8 Å². The molecule has 0 bridgehead atoms. The number of ketones is 1. The number of rotatable bonds is 2. The molecule has 0 aliphatic heterocycles. The number of carbonyl (C=O) groups is 2. The van der Waals surface area contributed by atoms with Crippen molar-refractivity contribution in [2.45, 2.75) is 31.8 Å². The topological polar surface area (TPSA) is 63.6 Å². The van der Waals surface area contributed by atoms with E-state index in [1.165, 1.54) is 0 Å². The quantitative estimate of drug-likeness (QED) is 0.471. The Kier molecular flexibility index (Phi) is 2.47. The van der Waals surface area contributed by atoms with E-state index in [2.05, 4.69) is 4.74 Å². The highest BCUT2D eigenvalue weighted by molar-refractivity contribution is 6.08. The van der Waals surface area contributed by atoms with Crippen LogP contribution in [0.5, 0.6) is 0 Å². The minimum atomic E-state index is -1.84. The fourth-order valence-electron chi connectivity index (χ4n) is 1.32. The number of ether oxygens (including phenoxy) is 1. The molecule has 0 heterocycles. The van der Waals surface area contributed by atoms with Gasteiger partial charge in [0.25, 0.3) is 0 Å². The Labute approximate surface area is 70.5 Å². The molecule has 1 aliphatic carbocycles. The molecular formula is C8H12O4. The van der Waals surface area contributed by atoms with Crippen LogP contribution in [0.4, 0.5) is 0 Å². The van der Waals surface area contributed by atoms with Gasteiger partial charge in [0.05, 0.1) is 6.61 Å². The van der Waals surface area contributed by atoms with Crippen LogP contribution in [0, 0.1) is 0 Å². The predicted molar refractivity (Wildman–Crippen MR) is 40.4 cm³/mol. The van der Waals surface area contributed by atoms with Crippen molar-refractivity contribution in [3.05, 3.63) is 0 Å². The average molecular weight is 172 g/mol. The van der Waals surface area contributed by atoms with Crippen LogP contribution in [0.1, 0.15) is 26.2 Å². The Balaban J connectivity index is 2.70. The van der Waals surface area contributed by atoms with Gasteiger partial charge in [0.15, 0.2) is 5.78 Å². The molecule has 0 aromatic heterocycles. The van der Waals surface area contributed by atoms with Crippen molar-refractivity contribution in [3.63, 3.8) is 0 Å². The molecule has 0 spiro atoms. The highest BCUT2D eigenvalue weighted by atomic mass is 16.5. The van der Waals surface area contributed by atoms with E-state index in [1.54, 1.807) is 6.92 Å². The van der Waals surface area contributed by atoms with Crippen molar-refractivity contribution in [1.82, 2.24) is 0 Å². The summed E-state index contributed by atoms with van der Waals surface area (Å²) in [6.45, 7) is 1.83. The van der Waals surface area contributed by atoms with E-state index in [1.807, 2.05) is 0 Å². The molecular weight excluding hydrogens is 160 g/mol. The van der Waals surface area contributed by atoms with Gasteiger partial charge in [0.1, 0.15) is 0 Å². The third-order valence-electron chi connectivity index (χ3n) is 2.02. The number of carbonyl (C=O) groups excluding carboxylic acids is 2. The first kappa shape index (κ1) is 9.19. The molecule has 1 rings (SSSR count). The molecule has 0 amide bonds. The molecule has 1 fully saturated rings. The van der Waals surface area contributed by atoms with E-state index >= 15 is 0 Å². The van der Waals surface area contributed by atoms with Crippen molar-refractivity contribution < 1.29 is 19.4 Å². The summed E-state index contributed by atoms with van der Waals surface area (Å²) in [5, 5.41) is 9.54. The molecule has 12 heavy (non-hydrogen) atoms. The second kappa shape index (κ2) is 3.23. The molecule has 1 atom stereocenters. The van der Waals surface area contributed by atoms with Gasteiger partial charge in [-0.1, -0.05) is 0 Å². The Morgan fingerprint density at radius 1 is 1.75 bits per heavy atom. The molecule has 0 saturated heterocycles. The predicted octanol–water partition coefficient (Wildman–Crippen LogP) is 0.0336. The van der Waals surface area contributed by atoms with Crippen LogP contribution in [0.25, 0.3) is 0 Å². The fourth-order valence-corrected chi connectivity index (χ4v) is 1.32. The number of aliphatic hydroxyl groups is 1. The summed E-state index contributed by atoms with van der Waals surface area (Å²) in [7, 11) is 0. The normalized spacial score (nSPS) is 29.0. The highest BCUT2D eigenvalue weighted by Gasteiger charge is 2.48. The third-order valence-corrected chi connectivity index (χ3v) is 2.02. The summed E-state index contributed by atoms with van der Waals surface area (Å²) in [6, 6.07) is 0. The summed E-state index contributed by atoms with van der Waals surface area (Å²) < 4.78 is 4.59. The van der Waals surface area contributed by atoms with Crippen molar-refractivity contribution in [2.75, 3.05) is 6.61 Å². The van der Waals surface area contributed by atoms with Gasteiger partial charge in [-0.2, -0.15) is 0 Å². The highest BCUT2D eigenvalue weighted by Crippen LogP contribution is 2.27. The minimum Gasteiger partial charge on any atom is -0.464 e. The van der Waals surface area contributed by atoms with Crippen molar-refractivity contribution in [1.29, 1.82) is 0 Å². The monoisotopic (exact) mass is 172 g/mol. The Morgan fingerprint density at radius 2 is 2.42 bits per heavy atom. The molecule has 1 aliphatic rings. The van der Waals surface area contributed by atoms with Crippen LogP contribution in [-0.2, 0) is 14.3 Å². The SMILES string of the molecule is CCOC(=O)[C@@]1(O)CCCC1=O. The van der Waals surface area contributed by atoms with E-state index < -0.39 is 17.4 Å². The van der Waals surface area contributed by atoms with Crippen LogP contribution in [-0.4, -0.2) is 29.1 Å². The van der Waals surface area contributed by atoms with E-state index in [0.29, 0.717) is 6.42 Å². The molecule has 0 unspecified atom stereocenters. The van der Waals surface area contributed by atoms with Gasteiger partial charge < -0.3 is 9.84 Å².